The zero-order valence-electron chi connectivity index (χ0n) is 16.5. The van der Waals surface area contributed by atoms with Crippen LogP contribution >= 0.6 is 0 Å². The van der Waals surface area contributed by atoms with E-state index in [0.29, 0.717) is 22.9 Å². The number of carbonyl (C=O) groups is 1. The van der Waals surface area contributed by atoms with Crippen LogP contribution in [0.3, 0.4) is 0 Å². The molecule has 0 radical (unpaired) electrons. The van der Waals surface area contributed by atoms with Crippen LogP contribution in [0.5, 0.6) is 0 Å². The van der Waals surface area contributed by atoms with Crippen molar-refractivity contribution in [2.24, 2.45) is 0 Å². The summed E-state index contributed by atoms with van der Waals surface area (Å²) >= 11 is 0. The van der Waals surface area contributed by atoms with Crippen LogP contribution < -0.4 is 5.32 Å². The van der Waals surface area contributed by atoms with Gasteiger partial charge in [-0.15, -0.1) is 0 Å². The molecule has 0 fully saturated rings. The molecule has 0 saturated carbocycles. The Morgan fingerprint density at radius 1 is 1.07 bits per heavy atom. The predicted octanol–water partition coefficient (Wildman–Crippen LogP) is 4.12. The van der Waals surface area contributed by atoms with Gasteiger partial charge in [0.15, 0.2) is 0 Å². The third kappa shape index (κ3) is 3.29. The van der Waals surface area contributed by atoms with E-state index in [0.717, 1.165) is 39.2 Å². The summed E-state index contributed by atoms with van der Waals surface area (Å²) in [6.45, 7) is 8.06. The number of aromatic nitrogens is 2. The first kappa shape index (κ1) is 18.6. The Balaban J connectivity index is 1.80. The van der Waals surface area contributed by atoms with Crippen molar-refractivity contribution < 1.29 is 9.00 Å². The van der Waals surface area contributed by atoms with E-state index in [9.17, 15) is 9.00 Å². The summed E-state index contributed by atoms with van der Waals surface area (Å²) in [5.41, 5.74) is 7.55. The fraction of sp³-hybridized carbons (Fsp3) is 0.273. The van der Waals surface area contributed by atoms with Crippen molar-refractivity contribution in [3.8, 4) is 5.69 Å². The highest BCUT2D eigenvalue weighted by Gasteiger charge is 2.29. The molecule has 0 saturated heterocycles. The van der Waals surface area contributed by atoms with Gasteiger partial charge in [-0.3, -0.25) is 9.00 Å². The summed E-state index contributed by atoms with van der Waals surface area (Å²) in [7, 11) is -0.967. The Morgan fingerprint density at radius 3 is 2.50 bits per heavy atom. The molecule has 144 valence electrons. The Kier molecular flexibility index (Phi) is 4.67. The van der Waals surface area contributed by atoms with E-state index >= 15 is 0 Å². The number of amides is 1. The summed E-state index contributed by atoms with van der Waals surface area (Å²) in [5, 5.41) is 7.76. The van der Waals surface area contributed by atoms with Crippen molar-refractivity contribution >= 4 is 22.5 Å². The number of nitrogens with one attached hydrogen (secondary N) is 1. The van der Waals surface area contributed by atoms with Gasteiger partial charge in [0.2, 0.25) is 0 Å². The van der Waals surface area contributed by atoms with Crippen LogP contribution in [0.2, 0.25) is 0 Å². The number of fused-ring (bicyclic) bond motifs is 1. The average molecular weight is 394 g/mol. The Morgan fingerprint density at radius 2 is 1.79 bits per heavy atom. The number of carbonyl (C=O) groups excluding carboxylic acids is 1. The van der Waals surface area contributed by atoms with Crippen molar-refractivity contribution in [2.75, 3.05) is 5.32 Å². The number of rotatable bonds is 3. The maximum atomic E-state index is 13.0. The smallest absolute Gasteiger partial charge is 0.256 e. The van der Waals surface area contributed by atoms with E-state index in [1.807, 2.05) is 51.1 Å². The molecular formula is C22H23N3O2S. The van der Waals surface area contributed by atoms with Gasteiger partial charge in [0, 0.05) is 21.9 Å². The van der Waals surface area contributed by atoms with Crippen LogP contribution in [0.4, 0.5) is 5.82 Å². The molecule has 4 rings (SSSR count). The van der Waals surface area contributed by atoms with Gasteiger partial charge in [0.25, 0.3) is 5.91 Å². The number of hydrogen-bond acceptors (Lipinski definition) is 3. The van der Waals surface area contributed by atoms with E-state index < -0.39 is 10.8 Å². The molecule has 5 nitrogen and oxygen atoms in total. The summed E-state index contributed by atoms with van der Waals surface area (Å²) in [4.78, 5) is 13.0. The lowest BCUT2D eigenvalue weighted by Gasteiger charge is -2.14. The quantitative estimate of drug-likeness (QED) is 0.728. The Bertz CT molecular complexity index is 1110. The van der Waals surface area contributed by atoms with Gasteiger partial charge in [-0.25, -0.2) is 4.68 Å². The van der Waals surface area contributed by atoms with Crippen LogP contribution in [0.1, 0.15) is 43.9 Å². The van der Waals surface area contributed by atoms with E-state index in [4.69, 9.17) is 5.10 Å². The second-order valence-corrected chi connectivity index (χ2v) is 8.92. The molecule has 0 bridgehead atoms. The molecular weight excluding hydrogens is 370 g/mol. The van der Waals surface area contributed by atoms with Gasteiger partial charge in [0.1, 0.15) is 5.82 Å². The number of benzene rings is 2. The summed E-state index contributed by atoms with van der Waals surface area (Å²) in [6.07, 6.45) is 0. The van der Waals surface area contributed by atoms with Crippen LogP contribution in [0.25, 0.3) is 5.69 Å². The second-order valence-electron chi connectivity index (χ2n) is 7.46. The van der Waals surface area contributed by atoms with Gasteiger partial charge < -0.3 is 5.32 Å². The molecule has 1 atom stereocenters. The number of anilines is 1. The van der Waals surface area contributed by atoms with Gasteiger partial charge in [-0.1, -0.05) is 29.3 Å². The highest BCUT2D eigenvalue weighted by atomic mass is 32.2. The molecule has 6 heteroatoms. The van der Waals surface area contributed by atoms with Gasteiger partial charge in [0.05, 0.1) is 22.9 Å². The molecule has 1 aromatic heterocycles. The van der Waals surface area contributed by atoms with Crippen LogP contribution in [0.15, 0.2) is 36.4 Å². The van der Waals surface area contributed by atoms with Crippen molar-refractivity contribution in [1.29, 1.82) is 0 Å². The third-order valence-corrected chi connectivity index (χ3v) is 6.40. The van der Waals surface area contributed by atoms with Crippen LogP contribution in [0, 0.1) is 27.7 Å². The molecule has 0 aliphatic carbocycles. The van der Waals surface area contributed by atoms with E-state index in [1.54, 1.807) is 4.68 Å². The third-order valence-electron chi connectivity index (χ3n) is 5.19. The molecule has 1 aliphatic heterocycles. The number of aryl methyl sites for hydroxylation is 3. The van der Waals surface area contributed by atoms with Gasteiger partial charge in [-0.05, 0) is 57.0 Å². The second kappa shape index (κ2) is 7.02. The Hall–Kier alpha value is -2.73. The minimum absolute atomic E-state index is 0.182. The topological polar surface area (TPSA) is 64.0 Å². The molecule has 0 unspecified atom stereocenters. The zero-order chi connectivity index (χ0) is 20.0. The molecule has 3 aromatic rings. The number of hydrogen-bond donors (Lipinski definition) is 1. The van der Waals surface area contributed by atoms with E-state index in [2.05, 4.69) is 18.3 Å². The van der Waals surface area contributed by atoms with Crippen molar-refractivity contribution in [1.82, 2.24) is 9.78 Å². The van der Waals surface area contributed by atoms with Gasteiger partial charge in [-0.2, -0.15) is 5.10 Å². The predicted molar refractivity (Wildman–Crippen MR) is 112 cm³/mol. The number of nitrogens with zero attached hydrogens (tertiary/aromatic N) is 2. The Labute approximate surface area is 167 Å². The first-order chi connectivity index (χ1) is 13.3. The average Bonchev–Trinajstić information content (AvgIpc) is 3.13. The highest BCUT2D eigenvalue weighted by molar-refractivity contribution is 7.83. The van der Waals surface area contributed by atoms with Crippen molar-refractivity contribution in [3.63, 3.8) is 0 Å². The monoisotopic (exact) mass is 393 g/mol. The minimum atomic E-state index is -0.967. The normalized spacial score (nSPS) is 15.5. The summed E-state index contributed by atoms with van der Waals surface area (Å²) in [5.74, 6) is 1.29. The van der Waals surface area contributed by atoms with Gasteiger partial charge >= 0.3 is 0 Å². The SMILES string of the molecule is Cc1cc(C)cc(C(=O)Nc2c3c(nn2-c2cccc(C)c2C)C[S@](=O)C3)c1. The minimum Gasteiger partial charge on any atom is -0.306 e. The lowest BCUT2D eigenvalue weighted by molar-refractivity contribution is 0.102. The van der Waals surface area contributed by atoms with E-state index in [-0.39, 0.29) is 5.91 Å². The maximum absolute atomic E-state index is 13.0. The first-order valence-corrected chi connectivity index (χ1v) is 10.7. The molecule has 1 N–H and O–H groups in total. The molecule has 1 aliphatic rings. The summed E-state index contributed by atoms with van der Waals surface area (Å²) < 4.78 is 13.9. The van der Waals surface area contributed by atoms with E-state index in [1.165, 1.54) is 0 Å². The van der Waals surface area contributed by atoms with Crippen LogP contribution in [-0.2, 0) is 22.3 Å². The first-order valence-electron chi connectivity index (χ1n) is 9.25. The molecule has 0 spiro atoms. The standard InChI is InChI=1S/C22H23N3O2S/c1-13-8-14(2)10-17(9-13)22(26)23-21-18-11-28(27)12-19(18)24-25(21)20-7-5-6-15(3)16(20)4/h5-10H,11-12H2,1-4H3,(H,23,26)/t28-/m1/s1. The van der Waals surface area contributed by atoms with Crippen molar-refractivity contribution in [3.05, 3.63) is 75.5 Å². The maximum Gasteiger partial charge on any atom is 0.256 e. The summed E-state index contributed by atoms with van der Waals surface area (Å²) in [6, 6.07) is 11.8. The molecule has 28 heavy (non-hydrogen) atoms. The molecule has 2 aromatic carbocycles. The zero-order valence-corrected chi connectivity index (χ0v) is 17.3. The lowest BCUT2D eigenvalue weighted by atomic mass is 10.1. The largest absolute Gasteiger partial charge is 0.306 e. The lowest BCUT2D eigenvalue weighted by Crippen LogP contribution is -2.17. The molecule has 1 amide bonds. The fourth-order valence-electron chi connectivity index (χ4n) is 3.68. The molecule has 2 heterocycles. The fourth-order valence-corrected chi connectivity index (χ4v) is 4.95. The van der Waals surface area contributed by atoms with Crippen LogP contribution in [-0.4, -0.2) is 19.9 Å². The highest BCUT2D eigenvalue weighted by Crippen LogP contribution is 2.33. The van der Waals surface area contributed by atoms with Crippen molar-refractivity contribution in [2.45, 2.75) is 39.2 Å².